The summed E-state index contributed by atoms with van der Waals surface area (Å²) in [5.74, 6) is 0. The molecule has 0 aliphatic heterocycles. The first-order valence-electron chi connectivity index (χ1n) is 7.47. The maximum absolute atomic E-state index is 4.53. The summed E-state index contributed by atoms with van der Waals surface area (Å²) in [5, 5.41) is 7.95. The molecule has 108 valence electrons. The highest BCUT2D eigenvalue weighted by Gasteiger charge is 2.13. The first-order valence-corrected chi connectivity index (χ1v) is 7.47. The first-order chi connectivity index (χ1) is 9.67. The molecule has 3 heteroatoms. The molecule has 0 aliphatic rings. The van der Waals surface area contributed by atoms with E-state index < -0.39 is 0 Å². The number of benzene rings is 1. The molecule has 3 nitrogen and oxygen atoms in total. The van der Waals surface area contributed by atoms with Crippen molar-refractivity contribution < 1.29 is 0 Å². The van der Waals surface area contributed by atoms with E-state index in [1.54, 1.807) is 0 Å². The second kappa shape index (κ2) is 6.71. The van der Waals surface area contributed by atoms with Crippen LogP contribution in [0.2, 0.25) is 0 Å². The van der Waals surface area contributed by atoms with E-state index in [-0.39, 0.29) is 0 Å². The van der Waals surface area contributed by atoms with E-state index in [1.807, 2.05) is 7.05 Å². The summed E-state index contributed by atoms with van der Waals surface area (Å²) in [6.07, 6.45) is 2.06. The van der Waals surface area contributed by atoms with Crippen molar-refractivity contribution in [3.63, 3.8) is 0 Å². The molecular formula is C17H25N3. The first kappa shape index (κ1) is 14.8. The average Bonchev–Trinajstić information content (AvgIpc) is 2.84. The largest absolute Gasteiger partial charge is 0.313 e. The van der Waals surface area contributed by atoms with E-state index in [0.29, 0.717) is 6.04 Å². The van der Waals surface area contributed by atoms with Gasteiger partial charge in [-0.2, -0.15) is 5.10 Å². The third kappa shape index (κ3) is 3.28. The van der Waals surface area contributed by atoms with Crippen molar-refractivity contribution in [2.45, 2.75) is 46.2 Å². The highest BCUT2D eigenvalue weighted by atomic mass is 15.3. The summed E-state index contributed by atoms with van der Waals surface area (Å²) in [4.78, 5) is 0. The minimum atomic E-state index is 0.335. The van der Waals surface area contributed by atoms with Crippen molar-refractivity contribution in [1.82, 2.24) is 15.1 Å². The van der Waals surface area contributed by atoms with Crippen molar-refractivity contribution in [1.29, 1.82) is 0 Å². The molecule has 0 saturated heterocycles. The van der Waals surface area contributed by atoms with Gasteiger partial charge in [0.05, 0.1) is 5.69 Å². The Kier molecular flexibility index (Phi) is 4.96. The van der Waals surface area contributed by atoms with Crippen LogP contribution in [0.25, 0.3) is 0 Å². The van der Waals surface area contributed by atoms with Crippen molar-refractivity contribution in [3.05, 3.63) is 52.8 Å². The Bertz CT molecular complexity index is 540. The highest BCUT2D eigenvalue weighted by molar-refractivity contribution is 5.26. The standard InChI is InChI=1S/C17H25N3/c1-5-14-7-9-15(10-8-14)17(18-4)12-16-11-13(3)19-20(16)6-2/h7-11,17-18H,5-6,12H2,1-4H3. The lowest BCUT2D eigenvalue weighted by Gasteiger charge is -2.17. The molecule has 2 aromatic rings. The lowest BCUT2D eigenvalue weighted by Crippen LogP contribution is -2.20. The molecule has 20 heavy (non-hydrogen) atoms. The van der Waals surface area contributed by atoms with Crippen LogP contribution in [0, 0.1) is 6.92 Å². The Hall–Kier alpha value is -1.61. The quantitative estimate of drug-likeness (QED) is 0.874. The third-order valence-corrected chi connectivity index (χ3v) is 3.84. The summed E-state index contributed by atoms with van der Waals surface area (Å²) >= 11 is 0. The SMILES string of the molecule is CCc1ccc(C(Cc2cc(C)nn2CC)NC)cc1. The van der Waals surface area contributed by atoms with Gasteiger partial charge in [0.15, 0.2) is 0 Å². The van der Waals surface area contributed by atoms with Crippen LogP contribution in [0.15, 0.2) is 30.3 Å². The van der Waals surface area contributed by atoms with Crippen LogP contribution >= 0.6 is 0 Å². The zero-order chi connectivity index (χ0) is 14.5. The Morgan fingerprint density at radius 2 is 1.90 bits per heavy atom. The van der Waals surface area contributed by atoms with Gasteiger partial charge in [-0.3, -0.25) is 4.68 Å². The Balaban J connectivity index is 2.19. The van der Waals surface area contributed by atoms with E-state index >= 15 is 0 Å². The smallest absolute Gasteiger partial charge is 0.0596 e. The summed E-state index contributed by atoms with van der Waals surface area (Å²) in [5.41, 5.74) is 5.12. The third-order valence-electron chi connectivity index (χ3n) is 3.84. The lowest BCUT2D eigenvalue weighted by molar-refractivity contribution is 0.541. The van der Waals surface area contributed by atoms with Gasteiger partial charge in [0.25, 0.3) is 0 Å². The van der Waals surface area contributed by atoms with Gasteiger partial charge in [0.1, 0.15) is 0 Å². The van der Waals surface area contributed by atoms with E-state index in [0.717, 1.165) is 25.1 Å². The lowest BCUT2D eigenvalue weighted by atomic mass is 10.00. The van der Waals surface area contributed by atoms with E-state index in [1.165, 1.54) is 16.8 Å². The molecule has 1 atom stereocenters. The van der Waals surface area contributed by atoms with Gasteiger partial charge in [0, 0.05) is 24.7 Å². The number of hydrogen-bond acceptors (Lipinski definition) is 2. The fraction of sp³-hybridized carbons (Fsp3) is 0.471. The van der Waals surface area contributed by atoms with Crippen LogP contribution in [-0.2, 0) is 19.4 Å². The molecule has 0 aliphatic carbocycles. The summed E-state index contributed by atoms with van der Waals surface area (Å²) in [7, 11) is 2.03. The van der Waals surface area contributed by atoms with Crippen LogP contribution in [0.1, 0.15) is 42.4 Å². The van der Waals surface area contributed by atoms with Crippen molar-refractivity contribution in [2.75, 3.05) is 7.05 Å². The molecule has 1 heterocycles. The highest BCUT2D eigenvalue weighted by Crippen LogP contribution is 2.19. The minimum Gasteiger partial charge on any atom is -0.313 e. The van der Waals surface area contributed by atoms with Gasteiger partial charge in [-0.1, -0.05) is 31.2 Å². The number of rotatable bonds is 6. The van der Waals surface area contributed by atoms with Crippen LogP contribution in [0.5, 0.6) is 0 Å². The molecule has 1 aromatic carbocycles. The second-order valence-corrected chi connectivity index (χ2v) is 5.23. The van der Waals surface area contributed by atoms with Crippen LogP contribution in [0.3, 0.4) is 0 Å². The molecule has 0 amide bonds. The van der Waals surface area contributed by atoms with Gasteiger partial charge in [-0.15, -0.1) is 0 Å². The fourth-order valence-corrected chi connectivity index (χ4v) is 2.62. The molecule has 1 N–H and O–H groups in total. The van der Waals surface area contributed by atoms with Crippen molar-refractivity contribution >= 4 is 0 Å². The second-order valence-electron chi connectivity index (χ2n) is 5.23. The molecular weight excluding hydrogens is 246 g/mol. The summed E-state index contributed by atoms with van der Waals surface area (Å²) < 4.78 is 2.10. The van der Waals surface area contributed by atoms with Crippen LogP contribution < -0.4 is 5.32 Å². The minimum absolute atomic E-state index is 0.335. The average molecular weight is 271 g/mol. The molecule has 0 spiro atoms. The summed E-state index contributed by atoms with van der Waals surface area (Å²) in [6.45, 7) is 7.31. The van der Waals surface area contributed by atoms with Crippen molar-refractivity contribution in [2.24, 2.45) is 0 Å². The van der Waals surface area contributed by atoms with E-state index in [4.69, 9.17) is 0 Å². The van der Waals surface area contributed by atoms with Gasteiger partial charge in [-0.05, 0) is 44.5 Å². The molecule has 2 rings (SSSR count). The number of nitrogens with zero attached hydrogens (tertiary/aromatic N) is 2. The number of likely N-dealkylation sites (N-methyl/N-ethyl adjacent to an activating group) is 1. The molecule has 0 radical (unpaired) electrons. The van der Waals surface area contributed by atoms with Gasteiger partial charge in [-0.25, -0.2) is 0 Å². The number of hydrogen-bond donors (Lipinski definition) is 1. The summed E-state index contributed by atoms with van der Waals surface area (Å²) in [6, 6.07) is 11.4. The van der Waals surface area contributed by atoms with Crippen LogP contribution in [0.4, 0.5) is 0 Å². The molecule has 0 saturated carbocycles. The predicted molar refractivity (Wildman–Crippen MR) is 84.0 cm³/mol. The van der Waals surface area contributed by atoms with E-state index in [9.17, 15) is 0 Å². The predicted octanol–water partition coefficient (Wildman–Crippen LogP) is 3.28. The van der Waals surface area contributed by atoms with Gasteiger partial charge in [0.2, 0.25) is 0 Å². The Morgan fingerprint density at radius 1 is 1.20 bits per heavy atom. The topological polar surface area (TPSA) is 29.9 Å². The zero-order valence-corrected chi connectivity index (χ0v) is 13.0. The van der Waals surface area contributed by atoms with Crippen molar-refractivity contribution in [3.8, 4) is 0 Å². The maximum Gasteiger partial charge on any atom is 0.0596 e. The number of nitrogens with one attached hydrogen (secondary N) is 1. The van der Waals surface area contributed by atoms with Gasteiger partial charge < -0.3 is 5.32 Å². The van der Waals surface area contributed by atoms with E-state index in [2.05, 4.69) is 66.2 Å². The normalized spacial score (nSPS) is 12.6. The number of aryl methyl sites for hydroxylation is 3. The molecule has 0 bridgehead atoms. The monoisotopic (exact) mass is 271 g/mol. The fourth-order valence-electron chi connectivity index (χ4n) is 2.62. The molecule has 0 fully saturated rings. The Morgan fingerprint density at radius 3 is 2.45 bits per heavy atom. The van der Waals surface area contributed by atoms with Gasteiger partial charge >= 0.3 is 0 Å². The Labute approximate surface area is 122 Å². The molecule has 1 unspecified atom stereocenters. The zero-order valence-electron chi connectivity index (χ0n) is 13.0. The maximum atomic E-state index is 4.53. The molecule has 1 aromatic heterocycles. The van der Waals surface area contributed by atoms with Crippen LogP contribution in [-0.4, -0.2) is 16.8 Å². The number of aromatic nitrogens is 2.